The number of amides is 1. The number of piperidine rings is 1. The maximum atomic E-state index is 12.7. The molecule has 1 saturated carbocycles. The van der Waals surface area contributed by atoms with Crippen molar-refractivity contribution in [1.29, 1.82) is 0 Å². The van der Waals surface area contributed by atoms with Crippen LogP contribution in [-0.2, 0) is 14.3 Å². The van der Waals surface area contributed by atoms with Gasteiger partial charge in [-0.15, -0.1) is 10.2 Å². The second-order valence-corrected chi connectivity index (χ2v) is 8.99. The minimum absolute atomic E-state index is 0.112. The Kier molecular flexibility index (Phi) is 7.17. The number of anilines is 2. The highest BCUT2D eigenvalue weighted by molar-refractivity contribution is 7.99. The number of aromatic nitrogens is 3. The summed E-state index contributed by atoms with van der Waals surface area (Å²) in [5.74, 6) is -0.515. The molecule has 176 valence electrons. The summed E-state index contributed by atoms with van der Waals surface area (Å²) < 4.78 is 11.6. The molecule has 1 N–H and O–H groups in total. The monoisotopic (exact) mass is 473 g/mol. The normalized spacial score (nSPS) is 15.8. The zero-order valence-corrected chi connectivity index (χ0v) is 19.5. The van der Waals surface area contributed by atoms with Crippen LogP contribution in [0.15, 0.2) is 23.4 Å². The molecule has 11 heteroatoms. The number of nitrogens with zero attached hydrogens (tertiary/aromatic N) is 4. The van der Waals surface area contributed by atoms with Gasteiger partial charge in [-0.25, -0.2) is 9.59 Å². The molecule has 1 amide bonds. The summed E-state index contributed by atoms with van der Waals surface area (Å²) in [4.78, 5) is 38.8. The number of hydrogen-bond donors (Lipinski definition) is 1. The van der Waals surface area contributed by atoms with Crippen LogP contribution in [0.1, 0.15) is 58.9 Å². The first-order valence-electron chi connectivity index (χ1n) is 10.9. The summed E-state index contributed by atoms with van der Waals surface area (Å²) in [5, 5.41) is 12.3. The molecule has 0 bridgehead atoms. The molecule has 1 aliphatic carbocycles. The number of carbonyl (C=O) groups excluding carboxylic acids is 3. The molecule has 10 nitrogen and oxygen atoms in total. The molecule has 2 fully saturated rings. The zero-order chi connectivity index (χ0) is 23.4. The van der Waals surface area contributed by atoms with Crippen LogP contribution in [0, 0.1) is 0 Å². The molecule has 1 aromatic carbocycles. The molecular formula is C22H27N5O5S. The second-order valence-electron chi connectivity index (χ2n) is 8.05. The molecule has 1 aromatic heterocycles. The molecular weight excluding hydrogens is 446 g/mol. The SMILES string of the molecule is COC(=O)c1cc(NC(=O)CSc2nnc(N3CCCCC3)n2C2CC2)cc(C(=O)OC)c1. The predicted octanol–water partition coefficient (Wildman–Crippen LogP) is 2.91. The van der Waals surface area contributed by atoms with Gasteiger partial charge < -0.3 is 19.7 Å². The lowest BCUT2D eigenvalue weighted by Crippen LogP contribution is -2.32. The zero-order valence-electron chi connectivity index (χ0n) is 18.7. The van der Waals surface area contributed by atoms with Gasteiger partial charge in [-0.2, -0.15) is 0 Å². The van der Waals surface area contributed by atoms with E-state index in [4.69, 9.17) is 9.47 Å². The number of ether oxygens (including phenoxy) is 2. The van der Waals surface area contributed by atoms with E-state index in [9.17, 15) is 14.4 Å². The van der Waals surface area contributed by atoms with Crippen molar-refractivity contribution in [2.45, 2.75) is 43.3 Å². The number of esters is 2. The third-order valence-corrected chi connectivity index (χ3v) is 6.53. The van der Waals surface area contributed by atoms with Gasteiger partial charge in [0.05, 0.1) is 31.1 Å². The first-order valence-corrected chi connectivity index (χ1v) is 11.9. The Labute approximate surface area is 196 Å². The summed E-state index contributed by atoms with van der Waals surface area (Å²) >= 11 is 1.32. The van der Waals surface area contributed by atoms with Crippen LogP contribution in [0.3, 0.4) is 0 Å². The van der Waals surface area contributed by atoms with E-state index in [2.05, 4.69) is 25.0 Å². The lowest BCUT2D eigenvalue weighted by atomic mass is 10.1. The topological polar surface area (TPSA) is 116 Å². The molecule has 1 saturated heterocycles. The highest BCUT2D eigenvalue weighted by atomic mass is 32.2. The smallest absolute Gasteiger partial charge is 0.337 e. The fourth-order valence-corrected chi connectivity index (χ4v) is 4.63. The van der Waals surface area contributed by atoms with Crippen LogP contribution in [0.5, 0.6) is 0 Å². The number of carbonyl (C=O) groups is 3. The Morgan fingerprint density at radius 1 is 1.00 bits per heavy atom. The quantitative estimate of drug-likeness (QED) is 0.456. The van der Waals surface area contributed by atoms with Crippen molar-refractivity contribution in [2.24, 2.45) is 0 Å². The minimum Gasteiger partial charge on any atom is -0.465 e. The largest absolute Gasteiger partial charge is 0.465 e. The second kappa shape index (κ2) is 10.2. The van der Waals surface area contributed by atoms with E-state index in [0.29, 0.717) is 11.7 Å². The lowest BCUT2D eigenvalue weighted by molar-refractivity contribution is -0.113. The van der Waals surface area contributed by atoms with Gasteiger partial charge in [-0.3, -0.25) is 9.36 Å². The average molecular weight is 474 g/mol. The molecule has 0 spiro atoms. The van der Waals surface area contributed by atoms with Crippen molar-refractivity contribution in [3.8, 4) is 0 Å². The highest BCUT2D eigenvalue weighted by Crippen LogP contribution is 2.41. The van der Waals surface area contributed by atoms with Gasteiger partial charge in [0.15, 0.2) is 5.16 Å². The summed E-state index contributed by atoms with van der Waals surface area (Å²) in [5.41, 5.74) is 0.590. The van der Waals surface area contributed by atoms with Crippen LogP contribution in [-0.4, -0.2) is 65.7 Å². The third-order valence-electron chi connectivity index (χ3n) is 5.59. The number of thioether (sulfide) groups is 1. The van der Waals surface area contributed by atoms with Gasteiger partial charge in [0.25, 0.3) is 0 Å². The predicted molar refractivity (Wildman–Crippen MR) is 123 cm³/mol. The van der Waals surface area contributed by atoms with E-state index in [1.807, 2.05) is 0 Å². The molecule has 0 atom stereocenters. The number of benzene rings is 1. The molecule has 0 unspecified atom stereocenters. The number of rotatable bonds is 8. The van der Waals surface area contributed by atoms with Crippen molar-refractivity contribution in [3.05, 3.63) is 29.3 Å². The van der Waals surface area contributed by atoms with Crippen LogP contribution < -0.4 is 10.2 Å². The van der Waals surface area contributed by atoms with E-state index in [1.165, 1.54) is 50.6 Å². The Hall–Kier alpha value is -3.08. The summed E-state index contributed by atoms with van der Waals surface area (Å²) in [7, 11) is 2.49. The Morgan fingerprint density at radius 2 is 1.64 bits per heavy atom. The summed E-state index contributed by atoms with van der Waals surface area (Å²) in [6.45, 7) is 1.96. The molecule has 0 radical (unpaired) electrons. The highest BCUT2D eigenvalue weighted by Gasteiger charge is 2.32. The van der Waals surface area contributed by atoms with E-state index < -0.39 is 11.9 Å². The molecule has 2 heterocycles. The minimum atomic E-state index is -0.617. The standard InChI is InChI=1S/C22H27N5O5S/c1-31-19(29)14-10-15(20(30)32-2)12-16(11-14)23-18(28)13-33-22-25-24-21(27(22)17-6-7-17)26-8-4-3-5-9-26/h10-12,17H,3-9,13H2,1-2H3,(H,23,28). The van der Waals surface area contributed by atoms with Crippen LogP contribution >= 0.6 is 11.8 Å². The van der Waals surface area contributed by atoms with Crippen molar-refractivity contribution < 1.29 is 23.9 Å². The fourth-order valence-electron chi connectivity index (χ4n) is 3.83. The number of hydrogen-bond acceptors (Lipinski definition) is 9. The molecule has 33 heavy (non-hydrogen) atoms. The lowest BCUT2D eigenvalue weighted by Gasteiger charge is -2.27. The van der Waals surface area contributed by atoms with Gasteiger partial charge in [-0.1, -0.05) is 11.8 Å². The Balaban J connectivity index is 1.45. The molecule has 4 rings (SSSR count). The van der Waals surface area contributed by atoms with Gasteiger partial charge in [-0.05, 0) is 50.3 Å². The van der Waals surface area contributed by atoms with Crippen LogP contribution in [0.25, 0.3) is 0 Å². The first kappa shape index (κ1) is 23.1. The average Bonchev–Trinajstić information content (AvgIpc) is 3.60. The Bertz CT molecular complexity index is 1010. The molecule has 1 aliphatic heterocycles. The fraction of sp³-hybridized carbons (Fsp3) is 0.500. The summed E-state index contributed by atoms with van der Waals surface area (Å²) in [6.07, 6.45) is 5.73. The molecule has 2 aromatic rings. The van der Waals surface area contributed by atoms with Crippen molar-refractivity contribution in [1.82, 2.24) is 14.8 Å². The van der Waals surface area contributed by atoms with E-state index in [1.54, 1.807) is 0 Å². The van der Waals surface area contributed by atoms with Crippen molar-refractivity contribution in [3.63, 3.8) is 0 Å². The summed E-state index contributed by atoms with van der Waals surface area (Å²) in [6, 6.07) is 4.67. The van der Waals surface area contributed by atoms with E-state index in [-0.39, 0.29) is 22.8 Å². The first-order chi connectivity index (χ1) is 16.0. The van der Waals surface area contributed by atoms with Crippen LogP contribution in [0.2, 0.25) is 0 Å². The van der Waals surface area contributed by atoms with E-state index >= 15 is 0 Å². The number of nitrogens with one attached hydrogen (secondary N) is 1. The van der Waals surface area contributed by atoms with Gasteiger partial charge in [0.1, 0.15) is 0 Å². The van der Waals surface area contributed by atoms with Crippen molar-refractivity contribution >= 4 is 41.2 Å². The van der Waals surface area contributed by atoms with Crippen LogP contribution in [0.4, 0.5) is 11.6 Å². The number of methoxy groups -OCH3 is 2. The molecule has 2 aliphatic rings. The maximum absolute atomic E-state index is 12.7. The maximum Gasteiger partial charge on any atom is 0.337 e. The van der Waals surface area contributed by atoms with Gasteiger partial charge in [0.2, 0.25) is 11.9 Å². The van der Waals surface area contributed by atoms with Gasteiger partial charge >= 0.3 is 11.9 Å². The van der Waals surface area contributed by atoms with E-state index in [0.717, 1.165) is 49.9 Å². The Morgan fingerprint density at radius 3 is 2.21 bits per heavy atom. The third kappa shape index (κ3) is 5.47. The van der Waals surface area contributed by atoms with Gasteiger partial charge in [0, 0.05) is 24.8 Å². The van der Waals surface area contributed by atoms with Crippen molar-refractivity contribution in [2.75, 3.05) is 43.3 Å².